The minimum Gasteiger partial charge on any atom is -0.396 e. The first-order chi connectivity index (χ1) is 9.28. The van der Waals surface area contributed by atoms with E-state index >= 15 is 0 Å². The molecule has 102 valence electrons. The van der Waals surface area contributed by atoms with Gasteiger partial charge in [0.05, 0.1) is 6.20 Å². The first-order valence-electron chi connectivity index (χ1n) is 6.33. The highest BCUT2D eigenvalue weighted by Gasteiger charge is 1.98. The van der Waals surface area contributed by atoms with Crippen LogP contribution >= 0.6 is 11.8 Å². The lowest BCUT2D eigenvalue weighted by atomic mass is 10.3. The maximum absolute atomic E-state index is 8.74. The molecule has 19 heavy (non-hydrogen) atoms. The Morgan fingerprint density at radius 2 is 2.11 bits per heavy atom. The first kappa shape index (κ1) is 14.0. The van der Waals surface area contributed by atoms with Gasteiger partial charge in [0, 0.05) is 48.3 Å². The molecule has 0 spiro atoms. The highest BCUT2D eigenvalue weighted by atomic mass is 32.2. The monoisotopic (exact) mass is 277 g/mol. The van der Waals surface area contributed by atoms with Crippen LogP contribution in [-0.2, 0) is 13.6 Å². The summed E-state index contributed by atoms with van der Waals surface area (Å²) in [7, 11) is 1.92. The van der Waals surface area contributed by atoms with Gasteiger partial charge in [-0.05, 0) is 30.7 Å². The zero-order valence-electron chi connectivity index (χ0n) is 11.0. The number of aromatic nitrogens is 2. The molecule has 0 radical (unpaired) electrons. The molecule has 0 aliphatic carbocycles. The Kier molecular flexibility index (Phi) is 5.30. The number of hydrogen-bond donors (Lipinski definition) is 2. The van der Waals surface area contributed by atoms with E-state index in [-0.39, 0.29) is 6.61 Å². The number of benzene rings is 1. The second-order valence-corrected chi connectivity index (χ2v) is 5.49. The Labute approximate surface area is 117 Å². The van der Waals surface area contributed by atoms with E-state index in [1.165, 1.54) is 10.5 Å². The molecule has 5 heteroatoms. The van der Waals surface area contributed by atoms with E-state index < -0.39 is 0 Å². The zero-order valence-corrected chi connectivity index (χ0v) is 11.9. The third kappa shape index (κ3) is 4.61. The fourth-order valence-electron chi connectivity index (χ4n) is 1.69. The molecule has 2 N–H and O–H groups in total. The largest absolute Gasteiger partial charge is 0.396 e. The van der Waals surface area contributed by atoms with Crippen molar-refractivity contribution in [2.45, 2.75) is 17.9 Å². The molecule has 0 bridgehead atoms. The molecule has 0 amide bonds. The zero-order chi connectivity index (χ0) is 13.5. The highest BCUT2D eigenvalue weighted by molar-refractivity contribution is 7.99. The molecule has 0 aliphatic heterocycles. The van der Waals surface area contributed by atoms with Crippen molar-refractivity contribution >= 4 is 17.4 Å². The standard InChI is InChI=1S/C14H19N3OS/c1-17-11-12(10-16-17)9-15-13-3-5-14(6-4-13)19-8-2-7-18/h3-6,10-11,15,18H,2,7-9H2,1H3. The van der Waals surface area contributed by atoms with Gasteiger partial charge in [0.15, 0.2) is 0 Å². The summed E-state index contributed by atoms with van der Waals surface area (Å²) in [6.45, 7) is 1.04. The van der Waals surface area contributed by atoms with Crippen molar-refractivity contribution < 1.29 is 5.11 Å². The van der Waals surface area contributed by atoms with E-state index in [9.17, 15) is 0 Å². The number of aliphatic hydroxyl groups is 1. The number of aliphatic hydroxyl groups excluding tert-OH is 1. The average Bonchev–Trinajstić information content (AvgIpc) is 2.84. The molecule has 1 aromatic heterocycles. The van der Waals surface area contributed by atoms with E-state index in [1.54, 1.807) is 16.4 Å². The molecule has 0 saturated carbocycles. The number of nitrogens with one attached hydrogen (secondary N) is 1. The van der Waals surface area contributed by atoms with Crippen LogP contribution in [0.4, 0.5) is 5.69 Å². The second-order valence-electron chi connectivity index (χ2n) is 4.33. The number of rotatable bonds is 7. The lowest BCUT2D eigenvalue weighted by Gasteiger charge is -2.06. The van der Waals surface area contributed by atoms with E-state index in [0.29, 0.717) is 0 Å². The molecule has 0 unspecified atom stereocenters. The van der Waals surface area contributed by atoms with Crippen LogP contribution in [0.2, 0.25) is 0 Å². The van der Waals surface area contributed by atoms with Crippen LogP contribution in [0.15, 0.2) is 41.6 Å². The Morgan fingerprint density at radius 1 is 1.32 bits per heavy atom. The predicted molar refractivity (Wildman–Crippen MR) is 79.4 cm³/mol. The van der Waals surface area contributed by atoms with Gasteiger partial charge in [-0.1, -0.05) is 0 Å². The molecule has 2 rings (SSSR count). The van der Waals surface area contributed by atoms with Crippen LogP contribution in [0.1, 0.15) is 12.0 Å². The van der Waals surface area contributed by atoms with Crippen LogP contribution in [0.3, 0.4) is 0 Å². The van der Waals surface area contributed by atoms with E-state index in [2.05, 4.69) is 34.7 Å². The van der Waals surface area contributed by atoms with Gasteiger partial charge in [0.2, 0.25) is 0 Å². The van der Waals surface area contributed by atoms with Gasteiger partial charge < -0.3 is 10.4 Å². The molecule has 1 heterocycles. The van der Waals surface area contributed by atoms with Crippen molar-refractivity contribution in [2.75, 3.05) is 17.7 Å². The minimum absolute atomic E-state index is 0.262. The van der Waals surface area contributed by atoms with Gasteiger partial charge in [0.25, 0.3) is 0 Å². The second kappa shape index (κ2) is 7.21. The summed E-state index contributed by atoms with van der Waals surface area (Å²) < 4.78 is 1.80. The Morgan fingerprint density at radius 3 is 2.74 bits per heavy atom. The average molecular weight is 277 g/mol. The Hall–Kier alpha value is -1.46. The van der Waals surface area contributed by atoms with Gasteiger partial charge in [-0.15, -0.1) is 11.8 Å². The summed E-state index contributed by atoms with van der Waals surface area (Å²) in [5.74, 6) is 0.957. The van der Waals surface area contributed by atoms with Crippen molar-refractivity contribution in [3.63, 3.8) is 0 Å². The van der Waals surface area contributed by atoms with Gasteiger partial charge in [0.1, 0.15) is 0 Å². The molecule has 0 saturated heterocycles. The quantitative estimate of drug-likeness (QED) is 0.603. The topological polar surface area (TPSA) is 50.1 Å². The predicted octanol–water partition coefficient (Wildman–Crippen LogP) is 2.51. The van der Waals surface area contributed by atoms with Crippen molar-refractivity contribution in [3.8, 4) is 0 Å². The Balaban J connectivity index is 1.81. The third-order valence-corrected chi connectivity index (χ3v) is 3.78. The summed E-state index contributed by atoms with van der Waals surface area (Å²) in [6, 6.07) is 8.37. The van der Waals surface area contributed by atoms with E-state index in [1.807, 2.05) is 19.4 Å². The van der Waals surface area contributed by atoms with E-state index in [4.69, 9.17) is 5.11 Å². The van der Waals surface area contributed by atoms with Crippen LogP contribution in [0.5, 0.6) is 0 Å². The molecule has 0 aliphatic rings. The lowest BCUT2D eigenvalue weighted by Crippen LogP contribution is -1.98. The number of thioether (sulfide) groups is 1. The Bertz CT molecular complexity index is 496. The fourth-order valence-corrected chi connectivity index (χ4v) is 2.53. The number of aryl methyl sites for hydroxylation is 1. The summed E-state index contributed by atoms with van der Waals surface area (Å²) in [6.07, 6.45) is 4.71. The summed E-state index contributed by atoms with van der Waals surface area (Å²) in [5, 5.41) is 16.2. The molecule has 1 aromatic carbocycles. The lowest BCUT2D eigenvalue weighted by molar-refractivity contribution is 0.296. The SMILES string of the molecule is Cn1cc(CNc2ccc(SCCCO)cc2)cn1. The van der Waals surface area contributed by atoms with Gasteiger partial charge in [-0.3, -0.25) is 4.68 Å². The molecule has 0 fully saturated rings. The number of hydrogen-bond acceptors (Lipinski definition) is 4. The normalized spacial score (nSPS) is 10.6. The van der Waals surface area contributed by atoms with Gasteiger partial charge in [-0.2, -0.15) is 5.10 Å². The van der Waals surface area contributed by atoms with Crippen molar-refractivity contribution in [2.24, 2.45) is 7.05 Å². The first-order valence-corrected chi connectivity index (χ1v) is 7.31. The highest BCUT2D eigenvalue weighted by Crippen LogP contribution is 2.21. The number of anilines is 1. The number of nitrogens with zero attached hydrogens (tertiary/aromatic N) is 2. The van der Waals surface area contributed by atoms with Gasteiger partial charge >= 0.3 is 0 Å². The van der Waals surface area contributed by atoms with Gasteiger partial charge in [-0.25, -0.2) is 0 Å². The van der Waals surface area contributed by atoms with E-state index in [0.717, 1.165) is 24.4 Å². The van der Waals surface area contributed by atoms with Crippen LogP contribution < -0.4 is 5.32 Å². The van der Waals surface area contributed by atoms with Crippen LogP contribution in [0.25, 0.3) is 0 Å². The maximum atomic E-state index is 8.74. The van der Waals surface area contributed by atoms with Crippen molar-refractivity contribution in [1.82, 2.24) is 9.78 Å². The molecular weight excluding hydrogens is 258 g/mol. The van der Waals surface area contributed by atoms with Crippen LogP contribution in [-0.4, -0.2) is 27.2 Å². The molecule has 2 aromatic rings. The summed E-state index contributed by atoms with van der Waals surface area (Å²) >= 11 is 1.77. The maximum Gasteiger partial charge on any atom is 0.0539 e. The summed E-state index contributed by atoms with van der Waals surface area (Å²) in [4.78, 5) is 1.24. The summed E-state index contributed by atoms with van der Waals surface area (Å²) in [5.41, 5.74) is 2.28. The van der Waals surface area contributed by atoms with Crippen LogP contribution in [0, 0.1) is 0 Å². The van der Waals surface area contributed by atoms with Crippen molar-refractivity contribution in [3.05, 3.63) is 42.2 Å². The smallest absolute Gasteiger partial charge is 0.0539 e. The minimum atomic E-state index is 0.262. The fraction of sp³-hybridized carbons (Fsp3) is 0.357. The van der Waals surface area contributed by atoms with Crippen molar-refractivity contribution in [1.29, 1.82) is 0 Å². The third-order valence-electron chi connectivity index (χ3n) is 2.68. The molecule has 0 atom stereocenters. The molecular formula is C14H19N3OS. The molecule has 4 nitrogen and oxygen atoms in total.